The van der Waals surface area contributed by atoms with Crippen LogP contribution in [0.1, 0.15) is 31.2 Å². The first-order valence-electron chi connectivity index (χ1n) is 6.95. The number of rotatable bonds is 5. The highest BCUT2D eigenvalue weighted by Gasteiger charge is 2.19. The van der Waals surface area contributed by atoms with Gasteiger partial charge >= 0.3 is 0 Å². The van der Waals surface area contributed by atoms with Crippen LogP contribution in [-0.4, -0.2) is 24.3 Å². The lowest BCUT2D eigenvalue weighted by atomic mass is 9.87. The van der Waals surface area contributed by atoms with E-state index < -0.39 is 0 Å². The highest BCUT2D eigenvalue weighted by molar-refractivity contribution is 5.48. The predicted octanol–water partition coefficient (Wildman–Crippen LogP) is 2.84. The van der Waals surface area contributed by atoms with Crippen molar-refractivity contribution in [2.75, 3.05) is 13.1 Å². The van der Waals surface area contributed by atoms with Gasteiger partial charge in [0.05, 0.1) is 6.10 Å². The smallest absolute Gasteiger partial charge is 0.0543 e. The van der Waals surface area contributed by atoms with Gasteiger partial charge in [-0.15, -0.1) is 0 Å². The van der Waals surface area contributed by atoms with Crippen LogP contribution in [0.4, 0.5) is 0 Å². The van der Waals surface area contributed by atoms with Crippen LogP contribution in [0.15, 0.2) is 36.4 Å². The molecule has 1 aliphatic carbocycles. The van der Waals surface area contributed by atoms with Crippen molar-refractivity contribution in [3.63, 3.8) is 0 Å². The molecule has 1 fully saturated rings. The Morgan fingerprint density at radius 3 is 2.83 bits per heavy atom. The molecule has 98 valence electrons. The van der Waals surface area contributed by atoms with Crippen LogP contribution in [0.2, 0.25) is 0 Å². The Bertz CT molecular complexity index is 361. The second-order valence-corrected chi connectivity index (χ2v) is 5.16. The molecule has 18 heavy (non-hydrogen) atoms. The molecule has 1 saturated carbocycles. The minimum atomic E-state index is -0.0644. The van der Waals surface area contributed by atoms with Gasteiger partial charge in [0.15, 0.2) is 0 Å². The van der Waals surface area contributed by atoms with E-state index in [9.17, 15) is 5.11 Å². The lowest BCUT2D eigenvalue weighted by Crippen LogP contribution is -2.29. The summed E-state index contributed by atoms with van der Waals surface area (Å²) in [4.78, 5) is 0. The van der Waals surface area contributed by atoms with Gasteiger partial charge in [-0.1, -0.05) is 48.9 Å². The molecule has 1 aromatic rings. The molecule has 1 aromatic carbocycles. The van der Waals surface area contributed by atoms with Gasteiger partial charge in [-0.3, -0.25) is 0 Å². The molecule has 2 unspecified atom stereocenters. The summed E-state index contributed by atoms with van der Waals surface area (Å²) in [6.45, 7) is 1.93. The van der Waals surface area contributed by atoms with E-state index in [0.717, 1.165) is 25.9 Å². The Kier molecular flexibility index (Phi) is 5.43. The van der Waals surface area contributed by atoms with Crippen molar-refractivity contribution in [1.29, 1.82) is 0 Å². The largest absolute Gasteiger partial charge is 0.393 e. The van der Waals surface area contributed by atoms with Crippen LogP contribution in [0, 0.1) is 5.92 Å². The van der Waals surface area contributed by atoms with E-state index >= 15 is 0 Å². The fourth-order valence-corrected chi connectivity index (χ4v) is 2.58. The molecule has 0 bridgehead atoms. The minimum absolute atomic E-state index is 0.0644. The Labute approximate surface area is 110 Å². The van der Waals surface area contributed by atoms with Crippen LogP contribution < -0.4 is 5.32 Å². The van der Waals surface area contributed by atoms with Gasteiger partial charge in [0.2, 0.25) is 0 Å². The van der Waals surface area contributed by atoms with Crippen molar-refractivity contribution in [2.45, 2.75) is 31.8 Å². The van der Waals surface area contributed by atoms with Gasteiger partial charge in [0.25, 0.3) is 0 Å². The lowest BCUT2D eigenvalue weighted by Gasteiger charge is -2.25. The van der Waals surface area contributed by atoms with Crippen molar-refractivity contribution in [1.82, 2.24) is 5.32 Å². The summed E-state index contributed by atoms with van der Waals surface area (Å²) in [5.41, 5.74) is 1.24. The number of aliphatic hydroxyl groups excluding tert-OH is 1. The molecule has 2 nitrogen and oxygen atoms in total. The number of hydrogen-bond acceptors (Lipinski definition) is 2. The standard InChI is InChI=1S/C16H23NO/c18-16-10-4-8-15(12-16)13-17-11-5-9-14-6-2-1-3-7-14/h1-3,5-7,9,15-18H,4,8,10-13H2/b9-5+. The topological polar surface area (TPSA) is 32.3 Å². The Morgan fingerprint density at radius 2 is 2.06 bits per heavy atom. The average molecular weight is 245 g/mol. The summed E-state index contributed by atoms with van der Waals surface area (Å²) in [5, 5.41) is 13.0. The van der Waals surface area contributed by atoms with Crippen LogP contribution in [-0.2, 0) is 0 Å². The average Bonchev–Trinajstić information content (AvgIpc) is 2.40. The monoisotopic (exact) mass is 245 g/mol. The summed E-state index contributed by atoms with van der Waals surface area (Å²) < 4.78 is 0. The molecule has 2 N–H and O–H groups in total. The summed E-state index contributed by atoms with van der Waals surface area (Å²) in [7, 11) is 0. The third-order valence-corrected chi connectivity index (χ3v) is 3.56. The normalized spacial score (nSPS) is 24.5. The van der Waals surface area contributed by atoms with E-state index in [2.05, 4.69) is 41.7 Å². The first-order valence-corrected chi connectivity index (χ1v) is 6.95. The predicted molar refractivity (Wildman–Crippen MR) is 76.3 cm³/mol. The molecule has 0 saturated heterocycles. The van der Waals surface area contributed by atoms with Crippen molar-refractivity contribution < 1.29 is 5.11 Å². The van der Waals surface area contributed by atoms with Crippen LogP contribution in [0.5, 0.6) is 0 Å². The lowest BCUT2D eigenvalue weighted by molar-refractivity contribution is 0.101. The fraction of sp³-hybridized carbons (Fsp3) is 0.500. The first-order chi connectivity index (χ1) is 8.84. The second kappa shape index (κ2) is 7.34. The van der Waals surface area contributed by atoms with E-state index in [0.29, 0.717) is 5.92 Å². The molecular weight excluding hydrogens is 222 g/mol. The highest BCUT2D eigenvalue weighted by atomic mass is 16.3. The molecule has 0 amide bonds. The third kappa shape index (κ3) is 4.63. The molecule has 0 aliphatic heterocycles. The zero-order valence-corrected chi connectivity index (χ0v) is 10.9. The molecule has 2 atom stereocenters. The van der Waals surface area contributed by atoms with Crippen molar-refractivity contribution in [2.24, 2.45) is 5.92 Å². The molecule has 1 aliphatic rings. The first kappa shape index (κ1) is 13.3. The maximum atomic E-state index is 9.59. The Morgan fingerprint density at radius 1 is 1.22 bits per heavy atom. The summed E-state index contributed by atoms with van der Waals surface area (Å²) in [6, 6.07) is 10.3. The quantitative estimate of drug-likeness (QED) is 0.782. The van der Waals surface area contributed by atoms with Gasteiger partial charge in [0.1, 0.15) is 0 Å². The van der Waals surface area contributed by atoms with Crippen molar-refractivity contribution >= 4 is 6.08 Å². The molecule has 0 spiro atoms. The summed E-state index contributed by atoms with van der Waals surface area (Å²) in [6.07, 6.45) is 8.63. The van der Waals surface area contributed by atoms with Crippen molar-refractivity contribution in [3.8, 4) is 0 Å². The highest BCUT2D eigenvalue weighted by Crippen LogP contribution is 2.23. The summed E-state index contributed by atoms with van der Waals surface area (Å²) >= 11 is 0. The zero-order valence-electron chi connectivity index (χ0n) is 10.9. The van der Waals surface area contributed by atoms with Gasteiger partial charge < -0.3 is 10.4 Å². The van der Waals surface area contributed by atoms with E-state index in [1.807, 2.05) is 6.07 Å². The van der Waals surface area contributed by atoms with E-state index in [-0.39, 0.29) is 6.10 Å². The SMILES string of the molecule is OC1CCCC(CNC/C=C/c2ccccc2)C1. The fourth-order valence-electron chi connectivity index (χ4n) is 2.58. The van der Waals surface area contributed by atoms with E-state index in [1.165, 1.54) is 18.4 Å². The van der Waals surface area contributed by atoms with E-state index in [4.69, 9.17) is 0 Å². The number of benzene rings is 1. The minimum Gasteiger partial charge on any atom is -0.393 e. The number of nitrogens with one attached hydrogen (secondary N) is 1. The van der Waals surface area contributed by atoms with E-state index in [1.54, 1.807) is 0 Å². The zero-order chi connectivity index (χ0) is 12.6. The van der Waals surface area contributed by atoms with Crippen molar-refractivity contribution in [3.05, 3.63) is 42.0 Å². The van der Waals surface area contributed by atoms with Crippen LogP contribution in [0.25, 0.3) is 6.08 Å². The molecule has 2 heteroatoms. The van der Waals surface area contributed by atoms with Gasteiger partial charge in [0, 0.05) is 6.54 Å². The summed E-state index contributed by atoms with van der Waals surface area (Å²) in [5.74, 6) is 0.652. The maximum Gasteiger partial charge on any atom is 0.0543 e. The second-order valence-electron chi connectivity index (χ2n) is 5.16. The van der Waals surface area contributed by atoms with Gasteiger partial charge in [-0.25, -0.2) is 0 Å². The van der Waals surface area contributed by atoms with Crippen LogP contribution in [0.3, 0.4) is 0 Å². The molecular formula is C16H23NO. The van der Waals surface area contributed by atoms with Gasteiger partial charge in [-0.05, 0) is 37.3 Å². The van der Waals surface area contributed by atoms with Crippen LogP contribution >= 0.6 is 0 Å². The maximum absolute atomic E-state index is 9.59. The molecule has 0 heterocycles. The number of hydrogen-bond donors (Lipinski definition) is 2. The molecule has 0 aromatic heterocycles. The Balaban J connectivity index is 1.62. The third-order valence-electron chi connectivity index (χ3n) is 3.56. The molecule has 0 radical (unpaired) electrons. The molecule has 2 rings (SSSR count). The number of aliphatic hydroxyl groups is 1. The van der Waals surface area contributed by atoms with Gasteiger partial charge in [-0.2, -0.15) is 0 Å². The Hall–Kier alpha value is -1.12.